The Balaban J connectivity index is 1.05. The van der Waals surface area contributed by atoms with Crippen LogP contribution in [0.4, 0.5) is 0 Å². The van der Waals surface area contributed by atoms with Crippen molar-refractivity contribution in [3.63, 3.8) is 0 Å². The average molecular weight is 1090 g/mol. The van der Waals surface area contributed by atoms with Gasteiger partial charge in [-0.3, -0.25) is 0 Å². The first kappa shape index (κ1) is 60.7. The molecule has 4 aliphatic heterocycles. The number of rotatable bonds is 15. The number of allylic oxidation sites excluding steroid dienone is 2. The molecule has 4 saturated heterocycles. The molecule has 23 nitrogen and oxygen atoms in total. The Kier molecular flexibility index (Phi) is 18.1. The van der Waals surface area contributed by atoms with Crippen LogP contribution < -0.4 is 0 Å². The Morgan fingerprint density at radius 2 is 1.24 bits per heavy atom. The van der Waals surface area contributed by atoms with E-state index in [0.29, 0.717) is 44.9 Å². The summed E-state index contributed by atoms with van der Waals surface area (Å²) in [5.41, 5.74) is -2.28. The molecular weight excluding hydrogens is 1000 g/mol. The van der Waals surface area contributed by atoms with Crippen LogP contribution in [-0.2, 0) is 37.9 Å². The third-order valence-electron chi connectivity index (χ3n) is 19.9. The molecule has 0 spiro atoms. The molecule has 76 heavy (non-hydrogen) atoms. The normalized spacial score (nSPS) is 52.1. The number of ether oxygens (including phenoxy) is 8. The van der Waals surface area contributed by atoms with Crippen LogP contribution in [0.3, 0.4) is 0 Å². The summed E-state index contributed by atoms with van der Waals surface area (Å²) in [6, 6.07) is 0. The molecule has 0 bridgehead atoms. The first-order chi connectivity index (χ1) is 35.5. The maximum Gasteiger partial charge on any atom is 0.187 e. The van der Waals surface area contributed by atoms with Gasteiger partial charge in [0, 0.05) is 10.8 Å². The van der Waals surface area contributed by atoms with Gasteiger partial charge >= 0.3 is 0 Å². The standard InChI is InChI=1S/C53H88O23/c1-22(2)10-9-13-52(7,76-47-43(68)39(64)37(62)28(73-47)21-70-45-41(66)34(59)25(57)20-69-45)23-11-15-51(6)33(23)24(56)16-30-50(5)14-12-32(49(3,4)29(50)17-31(58)53(30,51)8)74-48-44(40(65)36(61)27(19-55)72-48)75-46-42(67)38(63)35(60)26(18-54)71-46/h10,17,23-28,30-48,54-68H,9,11-16,18-21H2,1-8H3/t23-,24+,25-,26+,27+,28+,30+,31-,32-,33-,34-,35+,36+,37+,38-,39-,40-,41+,42+,43+,44+,45+,46-,47-,48-,50-,51+,52-,53-/m0/s1. The molecular formula is C53H88O23. The summed E-state index contributed by atoms with van der Waals surface area (Å²) in [6.45, 7) is 13.9. The minimum Gasteiger partial charge on any atom is -0.394 e. The smallest absolute Gasteiger partial charge is 0.187 e. The van der Waals surface area contributed by atoms with Crippen LogP contribution in [0.25, 0.3) is 0 Å². The maximum absolute atomic E-state index is 12.8. The van der Waals surface area contributed by atoms with E-state index >= 15 is 0 Å². The summed E-state index contributed by atoms with van der Waals surface area (Å²) >= 11 is 0. The fourth-order valence-electron chi connectivity index (χ4n) is 15.2. The molecule has 0 aromatic rings. The number of hydrogen-bond acceptors (Lipinski definition) is 23. The fraction of sp³-hybridized carbons (Fsp3) is 0.925. The summed E-state index contributed by atoms with van der Waals surface area (Å²) in [7, 11) is 0. The lowest BCUT2D eigenvalue weighted by molar-refractivity contribution is -0.375. The number of fused-ring (bicyclic) bond motifs is 5. The summed E-state index contributed by atoms with van der Waals surface area (Å²) in [6.07, 6.45) is -25.6. The van der Waals surface area contributed by atoms with Crippen LogP contribution in [0.1, 0.15) is 100 Å². The van der Waals surface area contributed by atoms with Crippen LogP contribution in [0, 0.1) is 39.4 Å². The van der Waals surface area contributed by atoms with Gasteiger partial charge in [-0.05, 0) is 94.3 Å². The molecule has 0 amide bonds. The fourth-order valence-corrected chi connectivity index (χ4v) is 15.2. The zero-order valence-corrected chi connectivity index (χ0v) is 44.8. The van der Waals surface area contributed by atoms with Gasteiger partial charge in [-0.1, -0.05) is 57.9 Å². The highest BCUT2D eigenvalue weighted by Crippen LogP contribution is 2.75. The molecule has 29 atom stereocenters. The average Bonchev–Trinajstić information content (AvgIpc) is 3.85. The minimum atomic E-state index is -1.85. The molecule has 4 heterocycles. The molecule has 3 saturated carbocycles. The highest BCUT2D eigenvalue weighted by Gasteiger charge is 2.73. The lowest BCUT2D eigenvalue weighted by Gasteiger charge is -2.69. The molecule has 0 aromatic heterocycles. The molecule has 8 rings (SSSR count). The molecule has 4 aliphatic carbocycles. The third kappa shape index (κ3) is 10.3. The summed E-state index contributed by atoms with van der Waals surface area (Å²) in [5, 5.41) is 164. The van der Waals surface area contributed by atoms with Crippen molar-refractivity contribution in [2.45, 2.75) is 241 Å². The second kappa shape index (κ2) is 22.7. The Bertz CT molecular complexity index is 2040. The van der Waals surface area contributed by atoms with Crippen molar-refractivity contribution >= 4 is 0 Å². The predicted octanol–water partition coefficient (Wildman–Crippen LogP) is -2.67. The first-order valence-corrected chi connectivity index (χ1v) is 27.1. The molecule has 15 N–H and O–H groups in total. The van der Waals surface area contributed by atoms with Crippen LogP contribution in [-0.4, -0.2) is 244 Å². The van der Waals surface area contributed by atoms with Crippen LogP contribution in [0.2, 0.25) is 0 Å². The second-order valence-corrected chi connectivity index (χ2v) is 24.9. The monoisotopic (exact) mass is 1090 g/mol. The molecule has 0 aromatic carbocycles. The molecule has 438 valence electrons. The SMILES string of the molecule is CC(C)=CCC[C@](C)(O[C@@H]1O[C@H](CO[C@H]2OC[C@H](O)[C@H](O)[C@H]2O)[C@@H](O)[C@H](O)[C@H]1O)[C@H]1CC[C@]2(C)[C@@H]1[C@H](O)C[C@H]1[C@@]2(C)[C@@H](O)C=C2C(C)(C)[C@@H](O[C@@H]3O[C@H](CO)[C@@H](O)[C@H](O)[C@H]3O[C@@H]3O[C@H](CO)[C@@H](O)[C@H](O)[C@H]3O)CC[C@@]21C. The summed E-state index contributed by atoms with van der Waals surface area (Å²) in [4.78, 5) is 0. The van der Waals surface area contributed by atoms with Gasteiger partial charge in [-0.25, -0.2) is 0 Å². The van der Waals surface area contributed by atoms with E-state index in [1.54, 1.807) is 0 Å². The van der Waals surface area contributed by atoms with Gasteiger partial charge in [-0.2, -0.15) is 0 Å². The van der Waals surface area contributed by atoms with Crippen LogP contribution in [0.5, 0.6) is 0 Å². The molecule has 8 aliphatic rings. The zero-order chi connectivity index (χ0) is 55.9. The van der Waals surface area contributed by atoms with E-state index in [4.69, 9.17) is 37.9 Å². The van der Waals surface area contributed by atoms with E-state index in [1.165, 1.54) is 0 Å². The van der Waals surface area contributed by atoms with E-state index < -0.39 is 188 Å². The molecule has 7 fully saturated rings. The Labute approximate surface area is 443 Å². The number of aliphatic hydroxyl groups excluding tert-OH is 15. The molecule has 0 radical (unpaired) electrons. The Hall–Kier alpha value is -1.44. The number of hydrogen-bond donors (Lipinski definition) is 15. The van der Waals surface area contributed by atoms with Crippen molar-refractivity contribution in [2.24, 2.45) is 39.4 Å². The predicted molar refractivity (Wildman–Crippen MR) is 262 cm³/mol. The van der Waals surface area contributed by atoms with Crippen molar-refractivity contribution in [1.82, 2.24) is 0 Å². The highest BCUT2D eigenvalue weighted by atomic mass is 16.8. The van der Waals surface area contributed by atoms with Gasteiger partial charge in [0.05, 0.1) is 50.3 Å². The summed E-state index contributed by atoms with van der Waals surface area (Å²) < 4.78 is 48.5. The zero-order valence-electron chi connectivity index (χ0n) is 44.8. The van der Waals surface area contributed by atoms with Crippen molar-refractivity contribution < 1.29 is 114 Å². The maximum atomic E-state index is 12.8. The van der Waals surface area contributed by atoms with Gasteiger partial charge in [0.1, 0.15) is 91.6 Å². The van der Waals surface area contributed by atoms with Gasteiger partial charge in [0.2, 0.25) is 0 Å². The quantitative estimate of drug-likeness (QED) is 0.0744. The molecule has 0 unspecified atom stereocenters. The highest BCUT2D eigenvalue weighted by molar-refractivity contribution is 5.36. The largest absolute Gasteiger partial charge is 0.394 e. The van der Waals surface area contributed by atoms with E-state index in [0.717, 1.165) is 11.1 Å². The molecule has 23 heteroatoms. The van der Waals surface area contributed by atoms with Crippen molar-refractivity contribution in [1.29, 1.82) is 0 Å². The van der Waals surface area contributed by atoms with Crippen molar-refractivity contribution in [3.05, 3.63) is 23.3 Å². The van der Waals surface area contributed by atoms with Gasteiger partial charge in [0.25, 0.3) is 0 Å². The summed E-state index contributed by atoms with van der Waals surface area (Å²) in [5.74, 6) is -1.14. The number of aliphatic hydroxyl groups is 15. The Morgan fingerprint density at radius 3 is 1.87 bits per heavy atom. The Morgan fingerprint density at radius 1 is 0.658 bits per heavy atom. The minimum absolute atomic E-state index is 0.288. The second-order valence-electron chi connectivity index (χ2n) is 24.9. The van der Waals surface area contributed by atoms with Gasteiger partial charge in [-0.15, -0.1) is 0 Å². The van der Waals surface area contributed by atoms with E-state index in [-0.39, 0.29) is 18.4 Å². The first-order valence-electron chi connectivity index (χ1n) is 27.1. The third-order valence-corrected chi connectivity index (χ3v) is 19.9. The van der Waals surface area contributed by atoms with E-state index in [1.807, 2.05) is 40.7 Å². The lowest BCUT2D eigenvalue weighted by atomic mass is 9.37. The van der Waals surface area contributed by atoms with Gasteiger partial charge in [0.15, 0.2) is 25.2 Å². The van der Waals surface area contributed by atoms with E-state index in [2.05, 4.69) is 26.8 Å². The topological polar surface area (TPSA) is 377 Å². The van der Waals surface area contributed by atoms with Crippen LogP contribution in [0.15, 0.2) is 23.3 Å². The van der Waals surface area contributed by atoms with Crippen molar-refractivity contribution in [3.8, 4) is 0 Å². The van der Waals surface area contributed by atoms with Gasteiger partial charge < -0.3 is 114 Å². The lowest BCUT2D eigenvalue weighted by Crippen LogP contribution is -2.68. The van der Waals surface area contributed by atoms with Crippen LogP contribution >= 0.6 is 0 Å². The van der Waals surface area contributed by atoms with E-state index in [9.17, 15) is 76.6 Å². The van der Waals surface area contributed by atoms with Crippen molar-refractivity contribution in [2.75, 3.05) is 26.4 Å².